The number of benzene rings is 2. The summed E-state index contributed by atoms with van der Waals surface area (Å²) in [7, 11) is 0. The number of rotatable bonds is 9. The molecule has 1 atom stereocenters. The van der Waals surface area contributed by atoms with Crippen LogP contribution in [0.5, 0.6) is 5.75 Å². The third-order valence-electron chi connectivity index (χ3n) is 5.21. The molecule has 1 aliphatic rings. The highest BCUT2D eigenvalue weighted by Crippen LogP contribution is 2.20. The van der Waals surface area contributed by atoms with Gasteiger partial charge in [0, 0.05) is 25.1 Å². The topological polar surface area (TPSA) is 105 Å². The Kier molecular flexibility index (Phi) is 7.75. The first-order valence-electron chi connectivity index (χ1n) is 10.1. The molecule has 1 saturated heterocycles. The van der Waals surface area contributed by atoms with E-state index in [0.29, 0.717) is 18.8 Å². The van der Waals surface area contributed by atoms with E-state index in [1.54, 1.807) is 12.1 Å². The first kappa shape index (κ1) is 21.7. The molecule has 8 nitrogen and oxygen atoms in total. The number of ether oxygens (including phenoxy) is 1. The van der Waals surface area contributed by atoms with E-state index in [-0.39, 0.29) is 24.1 Å². The van der Waals surface area contributed by atoms with Crippen LogP contribution in [0.3, 0.4) is 0 Å². The number of aliphatic hydroxyl groups is 1. The number of aliphatic hydroxyl groups excluding tert-OH is 1. The van der Waals surface area contributed by atoms with E-state index in [1.165, 1.54) is 12.1 Å². The number of likely N-dealkylation sites (tertiary alicyclic amines) is 1. The van der Waals surface area contributed by atoms with Crippen molar-refractivity contribution < 1.29 is 19.6 Å². The van der Waals surface area contributed by atoms with Crippen molar-refractivity contribution in [3.05, 3.63) is 70.3 Å². The number of carbonyl (C=O) groups is 1. The number of piperidine rings is 1. The Bertz CT molecular complexity index is 838. The van der Waals surface area contributed by atoms with Crippen LogP contribution >= 0.6 is 0 Å². The van der Waals surface area contributed by atoms with Crippen LogP contribution in [-0.2, 0) is 11.3 Å². The van der Waals surface area contributed by atoms with Crippen LogP contribution in [0, 0.1) is 16.0 Å². The van der Waals surface area contributed by atoms with Gasteiger partial charge in [-0.15, -0.1) is 0 Å². The molecule has 2 N–H and O–H groups in total. The van der Waals surface area contributed by atoms with Crippen LogP contribution in [0.25, 0.3) is 0 Å². The Morgan fingerprint density at radius 2 is 1.93 bits per heavy atom. The zero-order valence-corrected chi connectivity index (χ0v) is 16.8. The van der Waals surface area contributed by atoms with Gasteiger partial charge in [0.15, 0.2) is 0 Å². The van der Waals surface area contributed by atoms with Gasteiger partial charge in [-0.3, -0.25) is 14.9 Å². The van der Waals surface area contributed by atoms with Gasteiger partial charge in [0.2, 0.25) is 5.91 Å². The lowest BCUT2D eigenvalue weighted by Crippen LogP contribution is -2.44. The van der Waals surface area contributed by atoms with E-state index in [0.717, 1.165) is 31.5 Å². The Balaban J connectivity index is 1.36. The number of hydrogen-bond acceptors (Lipinski definition) is 6. The molecule has 0 radical (unpaired) electrons. The predicted octanol–water partition coefficient (Wildman–Crippen LogP) is 2.36. The van der Waals surface area contributed by atoms with Crippen molar-refractivity contribution >= 4 is 11.6 Å². The number of nitro groups is 1. The molecule has 0 saturated carbocycles. The zero-order chi connectivity index (χ0) is 21.3. The molecule has 8 heteroatoms. The molecule has 0 unspecified atom stereocenters. The van der Waals surface area contributed by atoms with Gasteiger partial charge in [-0.05, 0) is 37.6 Å². The zero-order valence-electron chi connectivity index (χ0n) is 16.8. The number of non-ortho nitro benzene ring substituents is 1. The average Bonchev–Trinajstić information content (AvgIpc) is 2.77. The van der Waals surface area contributed by atoms with Gasteiger partial charge in [-0.25, -0.2) is 0 Å². The molecule has 1 amide bonds. The summed E-state index contributed by atoms with van der Waals surface area (Å²) >= 11 is 0. The maximum absolute atomic E-state index is 12.4. The Labute approximate surface area is 175 Å². The van der Waals surface area contributed by atoms with Gasteiger partial charge in [-0.1, -0.05) is 36.4 Å². The second-order valence-electron chi connectivity index (χ2n) is 7.50. The number of nitrogens with zero attached hydrogens (tertiary/aromatic N) is 2. The maximum atomic E-state index is 12.4. The van der Waals surface area contributed by atoms with Gasteiger partial charge in [-0.2, -0.15) is 0 Å². The van der Waals surface area contributed by atoms with Crippen LogP contribution in [0.1, 0.15) is 18.4 Å². The molecule has 160 valence electrons. The van der Waals surface area contributed by atoms with Crippen molar-refractivity contribution in [2.75, 3.05) is 26.2 Å². The van der Waals surface area contributed by atoms with E-state index in [2.05, 4.69) is 10.2 Å². The van der Waals surface area contributed by atoms with E-state index in [4.69, 9.17) is 4.74 Å². The minimum absolute atomic E-state index is 0.0109. The largest absolute Gasteiger partial charge is 0.491 e. The summed E-state index contributed by atoms with van der Waals surface area (Å²) in [6, 6.07) is 15.7. The summed E-state index contributed by atoms with van der Waals surface area (Å²) in [5.41, 5.74) is 1.03. The van der Waals surface area contributed by atoms with Crippen molar-refractivity contribution in [1.82, 2.24) is 10.2 Å². The highest BCUT2D eigenvalue weighted by molar-refractivity contribution is 5.78. The number of amides is 1. The highest BCUT2D eigenvalue weighted by Gasteiger charge is 2.26. The van der Waals surface area contributed by atoms with Gasteiger partial charge >= 0.3 is 0 Å². The Hall–Kier alpha value is -2.97. The summed E-state index contributed by atoms with van der Waals surface area (Å²) in [5, 5.41) is 24.1. The van der Waals surface area contributed by atoms with Crippen LogP contribution in [0.4, 0.5) is 5.69 Å². The molecule has 1 fully saturated rings. The van der Waals surface area contributed by atoms with Crippen molar-refractivity contribution in [1.29, 1.82) is 0 Å². The standard InChI is InChI=1S/C22H27N3O5/c26-20(16-30-21-8-4-7-19(13-21)25(28)29)15-24-11-9-18(10-12-24)22(27)23-14-17-5-2-1-3-6-17/h1-8,13,18,20,26H,9-12,14-16H2,(H,23,27)/t20-/m1/s1. The SMILES string of the molecule is O=C(NCc1ccccc1)C1CCN(C[C@@H](O)COc2cccc([N+](=O)[O-])c2)CC1. The molecule has 0 spiro atoms. The third kappa shape index (κ3) is 6.53. The van der Waals surface area contributed by atoms with Crippen LogP contribution in [0.15, 0.2) is 54.6 Å². The second kappa shape index (κ2) is 10.7. The molecule has 0 aromatic heterocycles. The van der Waals surface area contributed by atoms with Crippen molar-refractivity contribution in [2.45, 2.75) is 25.5 Å². The fourth-order valence-corrected chi connectivity index (χ4v) is 3.54. The van der Waals surface area contributed by atoms with Gasteiger partial charge in [0.25, 0.3) is 5.69 Å². The smallest absolute Gasteiger partial charge is 0.273 e. The molecule has 1 aliphatic heterocycles. The fourth-order valence-electron chi connectivity index (χ4n) is 3.54. The minimum atomic E-state index is -0.715. The number of hydrogen-bond donors (Lipinski definition) is 2. The predicted molar refractivity (Wildman–Crippen MR) is 112 cm³/mol. The molecular weight excluding hydrogens is 386 g/mol. The Morgan fingerprint density at radius 1 is 1.20 bits per heavy atom. The number of nitrogens with one attached hydrogen (secondary N) is 1. The molecule has 0 bridgehead atoms. The van der Waals surface area contributed by atoms with Gasteiger partial charge in [0.05, 0.1) is 11.0 Å². The van der Waals surface area contributed by atoms with Crippen molar-refractivity contribution in [3.63, 3.8) is 0 Å². The molecular formula is C22H27N3O5. The van der Waals surface area contributed by atoms with Crippen molar-refractivity contribution in [3.8, 4) is 5.75 Å². The van der Waals surface area contributed by atoms with E-state index in [9.17, 15) is 20.0 Å². The first-order valence-corrected chi connectivity index (χ1v) is 10.1. The minimum Gasteiger partial charge on any atom is -0.491 e. The van der Waals surface area contributed by atoms with Crippen molar-refractivity contribution in [2.24, 2.45) is 5.92 Å². The third-order valence-corrected chi connectivity index (χ3v) is 5.21. The van der Waals surface area contributed by atoms with E-state index >= 15 is 0 Å². The second-order valence-corrected chi connectivity index (χ2v) is 7.50. The molecule has 1 heterocycles. The lowest BCUT2D eigenvalue weighted by Gasteiger charge is -2.32. The van der Waals surface area contributed by atoms with E-state index < -0.39 is 11.0 Å². The summed E-state index contributed by atoms with van der Waals surface area (Å²) in [6.07, 6.45) is 0.783. The number of β-amino-alcohol motifs (C(OH)–C–C–N with tert-alkyl or cyclic N) is 1. The van der Waals surface area contributed by atoms with Crippen LogP contribution < -0.4 is 10.1 Å². The lowest BCUT2D eigenvalue weighted by atomic mass is 9.95. The monoisotopic (exact) mass is 413 g/mol. The summed E-state index contributed by atoms with van der Waals surface area (Å²) in [5.74, 6) is 0.424. The maximum Gasteiger partial charge on any atom is 0.273 e. The summed E-state index contributed by atoms with van der Waals surface area (Å²) in [6.45, 7) is 2.49. The average molecular weight is 413 g/mol. The highest BCUT2D eigenvalue weighted by atomic mass is 16.6. The van der Waals surface area contributed by atoms with E-state index in [1.807, 2.05) is 30.3 Å². The molecule has 2 aromatic rings. The normalized spacial score (nSPS) is 16.0. The molecule has 3 rings (SSSR count). The molecule has 0 aliphatic carbocycles. The molecule has 2 aromatic carbocycles. The summed E-state index contributed by atoms with van der Waals surface area (Å²) in [4.78, 5) is 24.8. The van der Waals surface area contributed by atoms with Crippen LogP contribution in [-0.4, -0.2) is 53.2 Å². The lowest BCUT2D eigenvalue weighted by molar-refractivity contribution is -0.384. The summed E-state index contributed by atoms with van der Waals surface area (Å²) < 4.78 is 5.49. The quantitative estimate of drug-likeness (QED) is 0.483. The molecule has 30 heavy (non-hydrogen) atoms. The van der Waals surface area contributed by atoms with Crippen LogP contribution in [0.2, 0.25) is 0 Å². The van der Waals surface area contributed by atoms with Gasteiger partial charge < -0.3 is 20.1 Å². The first-order chi connectivity index (χ1) is 14.5. The fraction of sp³-hybridized carbons (Fsp3) is 0.409. The van der Waals surface area contributed by atoms with Gasteiger partial charge in [0.1, 0.15) is 18.5 Å². The Morgan fingerprint density at radius 3 is 2.63 bits per heavy atom. The number of carbonyl (C=O) groups excluding carboxylic acids is 1. The number of nitro benzene ring substituents is 1.